The topological polar surface area (TPSA) is 90.9 Å². The Hall–Kier alpha value is -4.15. The van der Waals surface area contributed by atoms with Crippen molar-refractivity contribution in [3.63, 3.8) is 0 Å². The van der Waals surface area contributed by atoms with E-state index in [1.165, 1.54) is 10.9 Å². The molecule has 0 bridgehead atoms. The van der Waals surface area contributed by atoms with Gasteiger partial charge in [0.15, 0.2) is 5.52 Å². The molecule has 0 aliphatic rings. The maximum Gasteiger partial charge on any atom is 0.416 e. The minimum Gasteiger partial charge on any atom is -0.325 e. The Morgan fingerprint density at radius 1 is 1.00 bits per heavy atom. The van der Waals surface area contributed by atoms with E-state index in [9.17, 15) is 27.6 Å². The summed E-state index contributed by atoms with van der Waals surface area (Å²) in [7, 11) is 0. The van der Waals surface area contributed by atoms with Gasteiger partial charge < -0.3 is 5.32 Å². The zero-order chi connectivity index (χ0) is 24.5. The standard InChI is InChI=1S/C23H20F3N5O3/c1-2-29-13-18-20(28-29)21(33)31(12-15-6-4-3-5-7-15)22(34)30(18)14-19(32)27-17-10-8-16(9-11-17)23(24,25)26/h3-11,13H,2,12,14H2,1H3,(H,27,32). The second-order valence-corrected chi connectivity index (χ2v) is 7.59. The highest BCUT2D eigenvalue weighted by molar-refractivity contribution is 5.91. The number of nitrogens with one attached hydrogen (secondary N) is 1. The fourth-order valence-corrected chi connectivity index (χ4v) is 3.53. The van der Waals surface area contributed by atoms with E-state index in [2.05, 4.69) is 10.4 Å². The SMILES string of the molecule is CCn1cc2c(n1)c(=O)n(Cc1ccccc1)c(=O)n2CC(=O)Nc1ccc(C(F)(F)F)cc1. The molecule has 0 spiro atoms. The first-order valence-electron chi connectivity index (χ1n) is 10.4. The number of anilines is 1. The largest absolute Gasteiger partial charge is 0.416 e. The summed E-state index contributed by atoms with van der Waals surface area (Å²) in [5.74, 6) is -0.641. The van der Waals surface area contributed by atoms with Gasteiger partial charge in [0, 0.05) is 18.4 Å². The normalized spacial score (nSPS) is 11.6. The van der Waals surface area contributed by atoms with Crippen molar-refractivity contribution in [2.45, 2.75) is 32.7 Å². The number of carbonyl (C=O) groups excluding carboxylic acids is 1. The summed E-state index contributed by atoms with van der Waals surface area (Å²) < 4.78 is 41.9. The van der Waals surface area contributed by atoms with E-state index in [0.29, 0.717) is 6.54 Å². The summed E-state index contributed by atoms with van der Waals surface area (Å²) in [5, 5.41) is 6.73. The second-order valence-electron chi connectivity index (χ2n) is 7.59. The number of rotatable bonds is 6. The molecule has 8 nitrogen and oxygen atoms in total. The molecular weight excluding hydrogens is 451 g/mol. The van der Waals surface area contributed by atoms with Crippen LogP contribution in [0.4, 0.5) is 18.9 Å². The van der Waals surface area contributed by atoms with Gasteiger partial charge in [-0.1, -0.05) is 30.3 Å². The van der Waals surface area contributed by atoms with E-state index in [1.54, 1.807) is 24.3 Å². The highest BCUT2D eigenvalue weighted by Gasteiger charge is 2.30. The van der Waals surface area contributed by atoms with Gasteiger partial charge in [0.1, 0.15) is 6.54 Å². The van der Waals surface area contributed by atoms with Crippen LogP contribution >= 0.6 is 0 Å². The lowest BCUT2D eigenvalue weighted by Crippen LogP contribution is -2.41. The molecule has 2 heterocycles. The van der Waals surface area contributed by atoms with Crippen molar-refractivity contribution in [2.24, 2.45) is 0 Å². The van der Waals surface area contributed by atoms with Crippen LogP contribution in [0.25, 0.3) is 11.0 Å². The van der Waals surface area contributed by atoms with Crippen LogP contribution in [0.5, 0.6) is 0 Å². The van der Waals surface area contributed by atoms with E-state index in [4.69, 9.17) is 0 Å². The number of benzene rings is 2. The number of halogens is 3. The van der Waals surface area contributed by atoms with Crippen molar-refractivity contribution in [3.8, 4) is 0 Å². The third kappa shape index (κ3) is 4.63. The van der Waals surface area contributed by atoms with Gasteiger partial charge in [0.2, 0.25) is 5.91 Å². The molecule has 1 amide bonds. The van der Waals surface area contributed by atoms with Gasteiger partial charge in [-0.05, 0) is 36.8 Å². The van der Waals surface area contributed by atoms with E-state index >= 15 is 0 Å². The fourth-order valence-electron chi connectivity index (χ4n) is 3.53. The zero-order valence-corrected chi connectivity index (χ0v) is 18.0. The molecule has 34 heavy (non-hydrogen) atoms. The van der Waals surface area contributed by atoms with Crippen molar-refractivity contribution >= 4 is 22.6 Å². The Balaban J connectivity index is 1.69. The molecule has 176 valence electrons. The van der Waals surface area contributed by atoms with Gasteiger partial charge in [-0.15, -0.1) is 0 Å². The number of amides is 1. The predicted octanol–water partition coefficient (Wildman–Crippen LogP) is 3.09. The summed E-state index contributed by atoms with van der Waals surface area (Å²) in [6.07, 6.45) is -2.98. The van der Waals surface area contributed by atoms with E-state index in [0.717, 1.165) is 39.0 Å². The van der Waals surface area contributed by atoms with Crippen molar-refractivity contribution in [2.75, 3.05) is 5.32 Å². The van der Waals surface area contributed by atoms with Crippen molar-refractivity contribution < 1.29 is 18.0 Å². The minimum absolute atomic E-state index is 0.00600. The number of aryl methyl sites for hydroxylation is 1. The molecule has 2 aromatic heterocycles. The Labute approximate surface area is 190 Å². The first kappa shape index (κ1) is 23.0. The average molecular weight is 471 g/mol. The second kappa shape index (κ2) is 9.00. The number of carbonyl (C=O) groups is 1. The van der Waals surface area contributed by atoms with Crippen molar-refractivity contribution in [1.29, 1.82) is 0 Å². The maximum absolute atomic E-state index is 13.2. The number of alkyl halides is 3. The molecule has 2 aromatic carbocycles. The van der Waals surface area contributed by atoms with Crippen LogP contribution in [0.1, 0.15) is 18.1 Å². The Morgan fingerprint density at radius 2 is 1.68 bits per heavy atom. The van der Waals surface area contributed by atoms with Crippen LogP contribution in [0.15, 0.2) is 70.4 Å². The number of fused-ring (bicyclic) bond motifs is 1. The van der Waals surface area contributed by atoms with Crippen LogP contribution in [0.3, 0.4) is 0 Å². The molecule has 0 atom stereocenters. The molecule has 0 fully saturated rings. The van der Waals surface area contributed by atoms with E-state index < -0.39 is 35.4 Å². The number of aromatic nitrogens is 4. The van der Waals surface area contributed by atoms with Crippen LogP contribution in [-0.4, -0.2) is 24.8 Å². The number of hydrogen-bond acceptors (Lipinski definition) is 4. The van der Waals surface area contributed by atoms with Gasteiger partial charge in [0.05, 0.1) is 17.6 Å². The third-order valence-electron chi connectivity index (χ3n) is 5.25. The Bertz CT molecular complexity index is 1450. The fraction of sp³-hybridized carbons (Fsp3) is 0.217. The zero-order valence-electron chi connectivity index (χ0n) is 18.0. The van der Waals surface area contributed by atoms with Gasteiger partial charge >= 0.3 is 11.9 Å². The van der Waals surface area contributed by atoms with Crippen LogP contribution < -0.4 is 16.6 Å². The number of hydrogen-bond donors (Lipinski definition) is 1. The summed E-state index contributed by atoms with van der Waals surface area (Å²) in [4.78, 5) is 38.9. The van der Waals surface area contributed by atoms with Crippen LogP contribution in [-0.2, 0) is 30.6 Å². The maximum atomic E-state index is 13.2. The molecule has 0 radical (unpaired) electrons. The highest BCUT2D eigenvalue weighted by atomic mass is 19.4. The molecule has 0 aliphatic carbocycles. The van der Waals surface area contributed by atoms with Gasteiger partial charge in [-0.25, -0.2) is 4.79 Å². The van der Waals surface area contributed by atoms with E-state index in [-0.39, 0.29) is 23.3 Å². The molecule has 4 rings (SSSR count). The monoisotopic (exact) mass is 471 g/mol. The minimum atomic E-state index is -4.49. The van der Waals surface area contributed by atoms with Gasteiger partial charge in [-0.3, -0.25) is 23.4 Å². The molecule has 11 heteroatoms. The van der Waals surface area contributed by atoms with Crippen molar-refractivity contribution in [1.82, 2.24) is 18.9 Å². The summed E-state index contributed by atoms with van der Waals surface area (Å²) >= 11 is 0. The first-order valence-corrected chi connectivity index (χ1v) is 10.4. The molecule has 0 aliphatic heterocycles. The van der Waals surface area contributed by atoms with Crippen LogP contribution in [0, 0.1) is 0 Å². The predicted molar refractivity (Wildman–Crippen MR) is 120 cm³/mol. The quantitative estimate of drug-likeness (QED) is 0.468. The third-order valence-corrected chi connectivity index (χ3v) is 5.25. The molecule has 0 unspecified atom stereocenters. The lowest BCUT2D eigenvalue weighted by Gasteiger charge is -2.12. The van der Waals surface area contributed by atoms with Crippen molar-refractivity contribution in [3.05, 3.63) is 92.8 Å². The van der Waals surface area contributed by atoms with Gasteiger partial charge in [-0.2, -0.15) is 18.3 Å². The summed E-state index contributed by atoms with van der Waals surface area (Å²) in [6.45, 7) is 1.79. The summed E-state index contributed by atoms with van der Waals surface area (Å²) in [6, 6.07) is 12.9. The first-order chi connectivity index (χ1) is 16.2. The van der Waals surface area contributed by atoms with Gasteiger partial charge in [0.25, 0.3) is 5.56 Å². The molecule has 0 saturated heterocycles. The Morgan fingerprint density at radius 3 is 2.29 bits per heavy atom. The average Bonchev–Trinajstić information content (AvgIpc) is 3.25. The van der Waals surface area contributed by atoms with Crippen LogP contribution in [0.2, 0.25) is 0 Å². The molecule has 4 aromatic rings. The summed E-state index contributed by atoms with van der Waals surface area (Å²) in [5.41, 5.74) is -1.01. The lowest BCUT2D eigenvalue weighted by atomic mass is 10.2. The van der Waals surface area contributed by atoms with E-state index in [1.807, 2.05) is 13.0 Å². The molecule has 1 N–H and O–H groups in total. The highest BCUT2D eigenvalue weighted by Crippen LogP contribution is 2.29. The Kier molecular flexibility index (Phi) is 6.10. The smallest absolute Gasteiger partial charge is 0.325 e. The molecule has 0 saturated carbocycles. The lowest BCUT2D eigenvalue weighted by molar-refractivity contribution is -0.137. The number of nitrogens with zero attached hydrogens (tertiary/aromatic N) is 4. The molecular formula is C23H20F3N5O3.